The van der Waals surface area contributed by atoms with Crippen LogP contribution < -0.4 is 5.32 Å². The second kappa shape index (κ2) is 6.53. The van der Waals surface area contributed by atoms with Gasteiger partial charge in [0.2, 0.25) is 0 Å². The molecule has 0 aromatic heterocycles. The van der Waals surface area contributed by atoms with Crippen molar-refractivity contribution < 1.29 is 4.74 Å². The molecule has 2 aliphatic heterocycles. The largest absolute Gasteiger partial charge is 0.381 e. The van der Waals surface area contributed by atoms with Crippen LogP contribution in [0.15, 0.2) is 30.3 Å². The SMILES string of the molecule is c1ccc(CC2CNCCC2C2CCCOC2)cc1. The van der Waals surface area contributed by atoms with Crippen LogP contribution in [0.1, 0.15) is 24.8 Å². The molecule has 2 heterocycles. The molecular weight excluding hydrogens is 234 g/mol. The maximum Gasteiger partial charge on any atom is 0.0497 e. The van der Waals surface area contributed by atoms with Crippen molar-refractivity contribution in [3.8, 4) is 0 Å². The van der Waals surface area contributed by atoms with Gasteiger partial charge >= 0.3 is 0 Å². The van der Waals surface area contributed by atoms with Gasteiger partial charge in [0.05, 0.1) is 0 Å². The highest BCUT2D eigenvalue weighted by Gasteiger charge is 2.32. The third-order valence-electron chi connectivity index (χ3n) is 4.81. The maximum absolute atomic E-state index is 5.71. The van der Waals surface area contributed by atoms with Gasteiger partial charge < -0.3 is 10.1 Å². The lowest BCUT2D eigenvalue weighted by Gasteiger charge is -2.39. The number of rotatable bonds is 3. The third kappa shape index (κ3) is 3.37. The summed E-state index contributed by atoms with van der Waals surface area (Å²) in [6, 6.07) is 11.0. The van der Waals surface area contributed by atoms with E-state index in [0.29, 0.717) is 0 Å². The summed E-state index contributed by atoms with van der Waals surface area (Å²) in [6.07, 6.45) is 5.17. The Labute approximate surface area is 116 Å². The number of benzene rings is 1. The van der Waals surface area contributed by atoms with Crippen molar-refractivity contribution in [2.24, 2.45) is 17.8 Å². The Hall–Kier alpha value is -0.860. The van der Waals surface area contributed by atoms with Gasteiger partial charge in [-0.3, -0.25) is 0 Å². The zero-order chi connectivity index (χ0) is 12.9. The molecule has 0 radical (unpaired) electrons. The Balaban J connectivity index is 1.66. The lowest BCUT2D eigenvalue weighted by molar-refractivity contribution is 0.00862. The predicted molar refractivity (Wildman–Crippen MR) is 78.2 cm³/mol. The number of hydrogen-bond donors (Lipinski definition) is 1. The van der Waals surface area contributed by atoms with E-state index in [4.69, 9.17) is 4.74 Å². The topological polar surface area (TPSA) is 21.3 Å². The van der Waals surface area contributed by atoms with E-state index in [0.717, 1.165) is 31.0 Å². The van der Waals surface area contributed by atoms with Crippen LogP contribution in [0.25, 0.3) is 0 Å². The molecule has 1 aromatic rings. The van der Waals surface area contributed by atoms with Gasteiger partial charge in [-0.15, -0.1) is 0 Å². The molecule has 2 nitrogen and oxygen atoms in total. The number of ether oxygens (including phenoxy) is 1. The van der Waals surface area contributed by atoms with Gasteiger partial charge in [-0.05, 0) is 62.1 Å². The first-order valence-corrected chi connectivity index (χ1v) is 7.76. The van der Waals surface area contributed by atoms with Gasteiger partial charge in [-0.1, -0.05) is 30.3 Å². The summed E-state index contributed by atoms with van der Waals surface area (Å²) < 4.78 is 5.71. The summed E-state index contributed by atoms with van der Waals surface area (Å²) >= 11 is 0. The van der Waals surface area contributed by atoms with Gasteiger partial charge in [0.15, 0.2) is 0 Å². The Kier molecular flexibility index (Phi) is 4.52. The molecule has 0 aliphatic carbocycles. The summed E-state index contributed by atoms with van der Waals surface area (Å²) in [5.41, 5.74) is 1.48. The summed E-state index contributed by atoms with van der Waals surface area (Å²) in [4.78, 5) is 0. The molecule has 0 amide bonds. The highest BCUT2D eigenvalue weighted by atomic mass is 16.5. The summed E-state index contributed by atoms with van der Waals surface area (Å²) in [5, 5.41) is 3.58. The normalized spacial score (nSPS) is 32.1. The second-order valence-corrected chi connectivity index (χ2v) is 6.08. The minimum atomic E-state index is 0.780. The number of hydrogen-bond acceptors (Lipinski definition) is 2. The van der Waals surface area contributed by atoms with Crippen LogP contribution in [0.3, 0.4) is 0 Å². The molecule has 3 atom stereocenters. The molecule has 19 heavy (non-hydrogen) atoms. The molecule has 1 aromatic carbocycles. The second-order valence-electron chi connectivity index (χ2n) is 6.08. The lowest BCUT2D eigenvalue weighted by atomic mass is 9.73. The van der Waals surface area contributed by atoms with Crippen molar-refractivity contribution >= 4 is 0 Å². The Morgan fingerprint density at radius 3 is 2.84 bits per heavy atom. The van der Waals surface area contributed by atoms with Gasteiger partial charge in [-0.2, -0.15) is 0 Å². The number of nitrogens with one attached hydrogen (secondary N) is 1. The van der Waals surface area contributed by atoms with Crippen molar-refractivity contribution in [3.05, 3.63) is 35.9 Å². The highest BCUT2D eigenvalue weighted by Crippen LogP contribution is 2.34. The van der Waals surface area contributed by atoms with E-state index in [1.54, 1.807) is 0 Å². The molecule has 2 saturated heterocycles. The van der Waals surface area contributed by atoms with Crippen LogP contribution in [-0.4, -0.2) is 26.3 Å². The Morgan fingerprint density at radius 2 is 2.05 bits per heavy atom. The maximum atomic E-state index is 5.71. The van der Waals surface area contributed by atoms with E-state index in [2.05, 4.69) is 35.6 Å². The van der Waals surface area contributed by atoms with Crippen LogP contribution in [0, 0.1) is 17.8 Å². The molecule has 0 spiro atoms. The molecule has 2 fully saturated rings. The number of piperidine rings is 1. The quantitative estimate of drug-likeness (QED) is 0.901. The fourth-order valence-electron chi connectivity index (χ4n) is 3.81. The molecule has 104 valence electrons. The zero-order valence-corrected chi connectivity index (χ0v) is 11.7. The van der Waals surface area contributed by atoms with Crippen molar-refractivity contribution in [1.82, 2.24) is 5.32 Å². The lowest BCUT2D eigenvalue weighted by Crippen LogP contribution is -2.42. The van der Waals surface area contributed by atoms with E-state index >= 15 is 0 Å². The smallest absolute Gasteiger partial charge is 0.0497 e. The van der Waals surface area contributed by atoms with E-state index in [1.807, 2.05) is 0 Å². The molecule has 3 unspecified atom stereocenters. The minimum absolute atomic E-state index is 0.780. The fourth-order valence-corrected chi connectivity index (χ4v) is 3.81. The fraction of sp³-hybridized carbons (Fsp3) is 0.647. The third-order valence-corrected chi connectivity index (χ3v) is 4.81. The predicted octanol–water partition coefficient (Wildman–Crippen LogP) is 2.88. The first kappa shape index (κ1) is 13.1. The Morgan fingerprint density at radius 1 is 1.16 bits per heavy atom. The van der Waals surface area contributed by atoms with Gasteiger partial charge in [0.25, 0.3) is 0 Å². The molecule has 0 saturated carbocycles. The van der Waals surface area contributed by atoms with E-state index in [-0.39, 0.29) is 0 Å². The molecule has 3 rings (SSSR count). The van der Waals surface area contributed by atoms with Crippen molar-refractivity contribution in [2.45, 2.75) is 25.7 Å². The minimum Gasteiger partial charge on any atom is -0.381 e. The first-order valence-electron chi connectivity index (χ1n) is 7.76. The standard InChI is InChI=1S/C17H25NO/c1-2-5-14(6-3-1)11-16-12-18-9-8-17(16)15-7-4-10-19-13-15/h1-3,5-6,15-18H,4,7-13H2. The van der Waals surface area contributed by atoms with Gasteiger partial charge in [-0.25, -0.2) is 0 Å². The van der Waals surface area contributed by atoms with Gasteiger partial charge in [0.1, 0.15) is 0 Å². The molecule has 2 aliphatic rings. The zero-order valence-electron chi connectivity index (χ0n) is 11.7. The van der Waals surface area contributed by atoms with Crippen molar-refractivity contribution in [1.29, 1.82) is 0 Å². The van der Waals surface area contributed by atoms with E-state index < -0.39 is 0 Å². The Bertz CT molecular complexity index is 372. The van der Waals surface area contributed by atoms with E-state index in [1.165, 1.54) is 44.3 Å². The average molecular weight is 259 g/mol. The summed E-state index contributed by atoms with van der Waals surface area (Å²) in [6.45, 7) is 4.34. The van der Waals surface area contributed by atoms with Crippen LogP contribution in [-0.2, 0) is 11.2 Å². The van der Waals surface area contributed by atoms with E-state index in [9.17, 15) is 0 Å². The van der Waals surface area contributed by atoms with Crippen molar-refractivity contribution in [2.75, 3.05) is 26.3 Å². The monoisotopic (exact) mass is 259 g/mol. The van der Waals surface area contributed by atoms with Crippen molar-refractivity contribution in [3.63, 3.8) is 0 Å². The molecule has 2 heteroatoms. The average Bonchev–Trinajstić information content (AvgIpc) is 2.50. The van der Waals surface area contributed by atoms with Crippen LogP contribution in [0.2, 0.25) is 0 Å². The van der Waals surface area contributed by atoms with Crippen LogP contribution >= 0.6 is 0 Å². The first-order chi connectivity index (χ1) is 9.43. The summed E-state index contributed by atoms with van der Waals surface area (Å²) in [5.74, 6) is 2.43. The highest BCUT2D eigenvalue weighted by molar-refractivity contribution is 5.15. The molecule has 1 N–H and O–H groups in total. The molecular formula is C17H25NO. The van der Waals surface area contributed by atoms with Crippen LogP contribution in [0.5, 0.6) is 0 Å². The molecule has 0 bridgehead atoms. The van der Waals surface area contributed by atoms with Gasteiger partial charge in [0, 0.05) is 13.2 Å². The summed E-state index contributed by atoms with van der Waals surface area (Å²) in [7, 11) is 0. The van der Waals surface area contributed by atoms with Crippen LogP contribution in [0.4, 0.5) is 0 Å².